The minimum absolute atomic E-state index is 0.510. The highest BCUT2D eigenvalue weighted by atomic mass is 35.5. The van der Waals surface area contributed by atoms with Crippen LogP contribution < -0.4 is 5.73 Å². The van der Waals surface area contributed by atoms with Crippen LogP contribution in [-0.4, -0.2) is 9.97 Å². The van der Waals surface area contributed by atoms with Crippen LogP contribution in [0.2, 0.25) is 5.02 Å². The van der Waals surface area contributed by atoms with E-state index in [0.717, 1.165) is 16.5 Å². The second-order valence-corrected chi connectivity index (χ2v) is 5.01. The lowest BCUT2D eigenvalue weighted by molar-refractivity contribution is 0.940. The Morgan fingerprint density at radius 1 is 1.24 bits per heavy atom. The number of aromatic nitrogens is 2. The van der Waals surface area contributed by atoms with Crippen LogP contribution in [0.4, 0.5) is 5.82 Å². The number of hydrogen-bond donors (Lipinski definition) is 1. The molecule has 2 rings (SSSR count). The van der Waals surface area contributed by atoms with Gasteiger partial charge in [-0.25, -0.2) is 9.97 Å². The van der Waals surface area contributed by atoms with Crippen LogP contribution in [-0.2, 0) is 5.75 Å². The number of hydrogen-bond acceptors (Lipinski definition) is 4. The third kappa shape index (κ3) is 3.61. The standard InChI is InChI=1S/C12H12ClN3S/c1-8-6-11(14)16-12(15-8)17-7-9-2-4-10(13)5-3-9/h2-6H,7H2,1H3,(H2,14,15,16). The lowest BCUT2D eigenvalue weighted by atomic mass is 10.2. The van der Waals surface area contributed by atoms with Gasteiger partial charge in [0.15, 0.2) is 5.16 Å². The quantitative estimate of drug-likeness (QED) is 0.683. The predicted molar refractivity (Wildman–Crippen MR) is 72.2 cm³/mol. The van der Waals surface area contributed by atoms with E-state index >= 15 is 0 Å². The molecule has 0 aliphatic carbocycles. The molecule has 5 heteroatoms. The molecule has 0 saturated carbocycles. The monoisotopic (exact) mass is 265 g/mol. The summed E-state index contributed by atoms with van der Waals surface area (Å²) >= 11 is 7.38. The van der Waals surface area contributed by atoms with Crippen molar-refractivity contribution in [3.63, 3.8) is 0 Å². The first-order chi connectivity index (χ1) is 8.13. The molecular weight excluding hydrogens is 254 g/mol. The number of rotatable bonds is 3. The molecule has 0 amide bonds. The van der Waals surface area contributed by atoms with Crippen LogP contribution in [0.5, 0.6) is 0 Å². The van der Waals surface area contributed by atoms with E-state index in [-0.39, 0.29) is 0 Å². The number of nitrogens with two attached hydrogens (primary N) is 1. The van der Waals surface area contributed by atoms with Gasteiger partial charge in [0, 0.05) is 22.5 Å². The molecule has 1 aromatic carbocycles. The first-order valence-corrected chi connectivity index (χ1v) is 6.48. The van der Waals surface area contributed by atoms with Crippen LogP contribution in [0.25, 0.3) is 0 Å². The largest absolute Gasteiger partial charge is 0.384 e. The van der Waals surface area contributed by atoms with Crippen LogP contribution in [0.1, 0.15) is 11.3 Å². The highest BCUT2D eigenvalue weighted by Crippen LogP contribution is 2.21. The average molecular weight is 266 g/mol. The van der Waals surface area contributed by atoms with Crippen molar-refractivity contribution in [2.45, 2.75) is 17.8 Å². The van der Waals surface area contributed by atoms with E-state index in [1.165, 1.54) is 5.56 Å². The fourth-order valence-electron chi connectivity index (χ4n) is 1.36. The van der Waals surface area contributed by atoms with Crippen molar-refractivity contribution in [3.05, 3.63) is 46.6 Å². The highest BCUT2D eigenvalue weighted by Gasteiger charge is 2.01. The minimum Gasteiger partial charge on any atom is -0.384 e. The Hall–Kier alpha value is -1.26. The van der Waals surface area contributed by atoms with Gasteiger partial charge in [-0.15, -0.1) is 0 Å². The molecule has 0 unspecified atom stereocenters. The van der Waals surface area contributed by atoms with E-state index in [1.54, 1.807) is 17.8 Å². The molecule has 0 bridgehead atoms. The zero-order valence-corrected chi connectivity index (χ0v) is 10.9. The summed E-state index contributed by atoms with van der Waals surface area (Å²) in [4.78, 5) is 8.48. The van der Waals surface area contributed by atoms with Crippen molar-refractivity contribution in [2.75, 3.05) is 5.73 Å². The molecule has 0 aliphatic rings. The molecule has 0 spiro atoms. The molecule has 3 nitrogen and oxygen atoms in total. The Labute approximate surface area is 109 Å². The SMILES string of the molecule is Cc1cc(N)nc(SCc2ccc(Cl)cc2)n1. The molecule has 88 valence electrons. The fraction of sp³-hybridized carbons (Fsp3) is 0.167. The average Bonchev–Trinajstić information content (AvgIpc) is 2.27. The molecule has 0 saturated heterocycles. The van der Waals surface area contributed by atoms with E-state index < -0.39 is 0 Å². The minimum atomic E-state index is 0.510. The molecule has 1 heterocycles. The van der Waals surface area contributed by atoms with Gasteiger partial charge in [-0.1, -0.05) is 35.5 Å². The summed E-state index contributed by atoms with van der Waals surface area (Å²) in [6.07, 6.45) is 0. The molecule has 2 N–H and O–H groups in total. The van der Waals surface area contributed by atoms with Gasteiger partial charge in [0.1, 0.15) is 5.82 Å². The summed E-state index contributed by atoms with van der Waals surface area (Å²) < 4.78 is 0. The van der Waals surface area contributed by atoms with Gasteiger partial charge in [0.05, 0.1) is 0 Å². The highest BCUT2D eigenvalue weighted by molar-refractivity contribution is 7.98. The smallest absolute Gasteiger partial charge is 0.190 e. The Balaban J connectivity index is 2.04. The number of aryl methyl sites for hydroxylation is 1. The third-order valence-electron chi connectivity index (χ3n) is 2.13. The summed E-state index contributed by atoms with van der Waals surface area (Å²) in [5.41, 5.74) is 7.74. The number of anilines is 1. The summed E-state index contributed by atoms with van der Waals surface area (Å²) in [5.74, 6) is 1.32. The Bertz CT molecular complexity index is 493. The van der Waals surface area contributed by atoms with Crippen molar-refractivity contribution in [3.8, 4) is 0 Å². The van der Waals surface area contributed by atoms with Gasteiger partial charge in [-0.05, 0) is 24.6 Å². The van der Waals surface area contributed by atoms with Crippen LogP contribution in [0, 0.1) is 6.92 Å². The lowest BCUT2D eigenvalue weighted by Gasteiger charge is -2.03. The summed E-state index contributed by atoms with van der Waals surface area (Å²) in [7, 11) is 0. The molecule has 0 aliphatic heterocycles. The predicted octanol–water partition coefficient (Wildman–Crippen LogP) is 3.31. The zero-order valence-electron chi connectivity index (χ0n) is 9.35. The Kier molecular flexibility index (Phi) is 3.86. The van der Waals surface area contributed by atoms with E-state index in [1.807, 2.05) is 31.2 Å². The summed E-state index contributed by atoms with van der Waals surface area (Å²) in [6.45, 7) is 1.91. The van der Waals surface area contributed by atoms with Gasteiger partial charge >= 0.3 is 0 Å². The van der Waals surface area contributed by atoms with E-state index in [4.69, 9.17) is 17.3 Å². The van der Waals surface area contributed by atoms with Gasteiger partial charge < -0.3 is 5.73 Å². The molecule has 0 atom stereocenters. The van der Waals surface area contributed by atoms with E-state index in [9.17, 15) is 0 Å². The molecule has 2 aromatic rings. The van der Waals surface area contributed by atoms with Crippen molar-refractivity contribution in [1.29, 1.82) is 0 Å². The van der Waals surface area contributed by atoms with Crippen molar-refractivity contribution in [1.82, 2.24) is 9.97 Å². The Morgan fingerprint density at radius 3 is 2.59 bits per heavy atom. The normalized spacial score (nSPS) is 10.5. The van der Waals surface area contributed by atoms with Crippen molar-refractivity contribution in [2.24, 2.45) is 0 Å². The number of thioether (sulfide) groups is 1. The summed E-state index contributed by atoms with van der Waals surface area (Å²) in [5, 5.41) is 1.45. The number of nitrogens with zero attached hydrogens (tertiary/aromatic N) is 2. The maximum absolute atomic E-state index is 5.82. The van der Waals surface area contributed by atoms with E-state index in [2.05, 4.69) is 9.97 Å². The second-order valence-electron chi connectivity index (χ2n) is 3.63. The molecule has 0 fully saturated rings. The third-order valence-corrected chi connectivity index (χ3v) is 3.31. The number of benzene rings is 1. The first kappa shape index (κ1) is 12.2. The van der Waals surface area contributed by atoms with E-state index in [0.29, 0.717) is 11.0 Å². The molecule has 1 aromatic heterocycles. The number of halogens is 1. The number of nitrogen functional groups attached to an aromatic ring is 1. The van der Waals surface area contributed by atoms with Crippen molar-refractivity contribution >= 4 is 29.2 Å². The van der Waals surface area contributed by atoms with Crippen LogP contribution in [0.3, 0.4) is 0 Å². The maximum Gasteiger partial charge on any atom is 0.190 e. The van der Waals surface area contributed by atoms with Gasteiger partial charge in [-0.2, -0.15) is 0 Å². The maximum atomic E-state index is 5.82. The first-order valence-electron chi connectivity index (χ1n) is 5.12. The molecular formula is C12H12ClN3S. The van der Waals surface area contributed by atoms with Gasteiger partial charge in [0.2, 0.25) is 0 Å². The lowest BCUT2D eigenvalue weighted by Crippen LogP contribution is -1.96. The van der Waals surface area contributed by atoms with Gasteiger partial charge in [-0.3, -0.25) is 0 Å². The van der Waals surface area contributed by atoms with Crippen LogP contribution >= 0.6 is 23.4 Å². The topological polar surface area (TPSA) is 51.8 Å². The molecule has 17 heavy (non-hydrogen) atoms. The second kappa shape index (κ2) is 5.38. The zero-order chi connectivity index (χ0) is 12.3. The van der Waals surface area contributed by atoms with Crippen molar-refractivity contribution < 1.29 is 0 Å². The van der Waals surface area contributed by atoms with Crippen LogP contribution in [0.15, 0.2) is 35.5 Å². The summed E-state index contributed by atoms with van der Waals surface area (Å²) in [6, 6.07) is 9.50. The molecule has 0 radical (unpaired) electrons. The fourth-order valence-corrected chi connectivity index (χ4v) is 2.35. The van der Waals surface area contributed by atoms with Gasteiger partial charge in [0.25, 0.3) is 0 Å². The Morgan fingerprint density at radius 2 is 1.94 bits per heavy atom.